The summed E-state index contributed by atoms with van der Waals surface area (Å²) in [5.41, 5.74) is 4.40. The molecule has 1 unspecified atom stereocenters. The fourth-order valence-electron chi connectivity index (χ4n) is 2.45. The van der Waals surface area contributed by atoms with Crippen LogP contribution in [0.15, 0.2) is 12.3 Å². The molecule has 1 aliphatic rings. The van der Waals surface area contributed by atoms with E-state index in [4.69, 9.17) is 0 Å². The van der Waals surface area contributed by atoms with E-state index in [0.717, 1.165) is 35.9 Å². The van der Waals surface area contributed by atoms with Gasteiger partial charge < -0.3 is 0 Å². The summed E-state index contributed by atoms with van der Waals surface area (Å²) in [7, 11) is 2.14. The molecule has 2 aromatic heterocycles. The highest BCUT2D eigenvalue weighted by molar-refractivity contribution is 5.60. The third-order valence-electron chi connectivity index (χ3n) is 3.61. The van der Waals surface area contributed by atoms with Crippen LogP contribution >= 0.6 is 0 Å². The number of aromatic nitrogens is 4. The summed E-state index contributed by atoms with van der Waals surface area (Å²) in [4.78, 5) is 11.5. The Hall–Kier alpha value is -1.75. The van der Waals surface area contributed by atoms with Crippen molar-refractivity contribution in [2.45, 2.75) is 32.9 Å². The monoisotopic (exact) mass is 243 g/mol. The maximum Gasteiger partial charge on any atom is 0.126 e. The van der Waals surface area contributed by atoms with Gasteiger partial charge in [-0.3, -0.25) is 10.00 Å². The number of hydrogen-bond donors (Lipinski definition) is 1. The lowest BCUT2D eigenvalue weighted by Gasteiger charge is -2.31. The Morgan fingerprint density at radius 1 is 1.39 bits per heavy atom. The largest absolute Gasteiger partial charge is 0.298 e. The molecule has 2 aromatic rings. The average Bonchev–Trinajstić information content (AvgIpc) is 2.84. The van der Waals surface area contributed by atoms with Crippen LogP contribution in [-0.2, 0) is 13.0 Å². The van der Waals surface area contributed by atoms with E-state index in [2.05, 4.69) is 39.0 Å². The van der Waals surface area contributed by atoms with Gasteiger partial charge in [-0.1, -0.05) is 0 Å². The molecule has 18 heavy (non-hydrogen) atoms. The predicted octanol–water partition coefficient (Wildman–Crippen LogP) is 1.55. The summed E-state index contributed by atoms with van der Waals surface area (Å²) in [6.45, 7) is 5.07. The van der Waals surface area contributed by atoms with Gasteiger partial charge in [0.05, 0.1) is 17.1 Å². The fraction of sp³-hybridized carbons (Fsp3) is 0.462. The molecule has 0 saturated carbocycles. The van der Waals surface area contributed by atoms with Crippen molar-refractivity contribution in [1.29, 1.82) is 0 Å². The maximum atomic E-state index is 4.59. The van der Waals surface area contributed by atoms with Gasteiger partial charge in [-0.2, -0.15) is 5.10 Å². The molecule has 0 spiro atoms. The lowest BCUT2D eigenvalue weighted by molar-refractivity contribution is 0.227. The zero-order chi connectivity index (χ0) is 12.7. The topological polar surface area (TPSA) is 57.7 Å². The first kappa shape index (κ1) is 11.3. The molecule has 0 saturated heterocycles. The van der Waals surface area contributed by atoms with Crippen LogP contribution in [0.25, 0.3) is 11.4 Å². The number of likely N-dealkylation sites (N-methyl/N-ethyl adjacent to an activating group) is 1. The first-order valence-corrected chi connectivity index (χ1v) is 6.21. The summed E-state index contributed by atoms with van der Waals surface area (Å²) in [6.07, 6.45) is 2.75. The first-order chi connectivity index (χ1) is 8.65. The van der Waals surface area contributed by atoms with Crippen LogP contribution in [0.5, 0.6) is 0 Å². The van der Waals surface area contributed by atoms with E-state index in [1.807, 2.05) is 13.0 Å². The molecule has 1 aliphatic heterocycles. The quantitative estimate of drug-likeness (QED) is 0.825. The average molecular weight is 243 g/mol. The SMILES string of the molecule is Cc1nc2c(c(-c3ccn[nH]3)n1)CC(C)N(C)C2. The molecule has 0 aromatic carbocycles. The van der Waals surface area contributed by atoms with Crippen LogP contribution in [-0.4, -0.2) is 38.2 Å². The van der Waals surface area contributed by atoms with Gasteiger partial charge in [0.2, 0.25) is 0 Å². The van der Waals surface area contributed by atoms with Gasteiger partial charge in [0.25, 0.3) is 0 Å². The van der Waals surface area contributed by atoms with Crippen LogP contribution in [0.2, 0.25) is 0 Å². The number of rotatable bonds is 1. The maximum absolute atomic E-state index is 4.59. The molecule has 5 heteroatoms. The Morgan fingerprint density at radius 3 is 2.94 bits per heavy atom. The standard InChI is InChI=1S/C13H17N5/c1-8-6-10-12(7-18(8)3)15-9(2)16-13(10)11-4-5-14-17-11/h4-5,8H,6-7H2,1-3H3,(H,14,17). The zero-order valence-corrected chi connectivity index (χ0v) is 10.9. The van der Waals surface area contributed by atoms with Crippen LogP contribution in [0.1, 0.15) is 24.0 Å². The van der Waals surface area contributed by atoms with Crippen LogP contribution < -0.4 is 0 Å². The third-order valence-corrected chi connectivity index (χ3v) is 3.61. The molecule has 3 heterocycles. The summed E-state index contributed by atoms with van der Waals surface area (Å²) in [6, 6.07) is 2.48. The summed E-state index contributed by atoms with van der Waals surface area (Å²) in [5.74, 6) is 0.821. The highest BCUT2D eigenvalue weighted by Crippen LogP contribution is 2.28. The van der Waals surface area contributed by atoms with E-state index in [9.17, 15) is 0 Å². The fourth-order valence-corrected chi connectivity index (χ4v) is 2.45. The zero-order valence-electron chi connectivity index (χ0n) is 10.9. The van der Waals surface area contributed by atoms with E-state index in [-0.39, 0.29) is 0 Å². The predicted molar refractivity (Wildman–Crippen MR) is 69.0 cm³/mol. The van der Waals surface area contributed by atoms with Crippen LogP contribution in [0.3, 0.4) is 0 Å². The minimum absolute atomic E-state index is 0.519. The molecule has 0 bridgehead atoms. The van der Waals surface area contributed by atoms with Gasteiger partial charge in [-0.15, -0.1) is 0 Å². The van der Waals surface area contributed by atoms with Gasteiger partial charge in [0.1, 0.15) is 5.82 Å². The van der Waals surface area contributed by atoms with Crippen molar-refractivity contribution in [3.05, 3.63) is 29.3 Å². The lowest BCUT2D eigenvalue weighted by atomic mass is 9.96. The Balaban J connectivity index is 2.16. The summed E-state index contributed by atoms with van der Waals surface area (Å²) in [5, 5.41) is 7.02. The minimum Gasteiger partial charge on any atom is -0.298 e. The molecular weight excluding hydrogens is 226 g/mol. The lowest BCUT2D eigenvalue weighted by Crippen LogP contribution is -2.36. The molecular formula is C13H17N5. The van der Waals surface area contributed by atoms with Crippen molar-refractivity contribution in [3.63, 3.8) is 0 Å². The number of aromatic amines is 1. The Morgan fingerprint density at radius 2 is 2.22 bits per heavy atom. The highest BCUT2D eigenvalue weighted by Gasteiger charge is 2.25. The smallest absolute Gasteiger partial charge is 0.126 e. The van der Waals surface area contributed by atoms with Crippen molar-refractivity contribution in [2.24, 2.45) is 0 Å². The van der Waals surface area contributed by atoms with Gasteiger partial charge in [0.15, 0.2) is 0 Å². The molecule has 0 fully saturated rings. The second kappa shape index (κ2) is 4.17. The second-order valence-corrected chi connectivity index (χ2v) is 4.98. The number of H-pyrrole nitrogens is 1. The third kappa shape index (κ3) is 1.80. The van der Waals surface area contributed by atoms with Gasteiger partial charge in [0, 0.05) is 24.3 Å². The Kier molecular flexibility index (Phi) is 2.63. The van der Waals surface area contributed by atoms with Gasteiger partial charge in [-0.05, 0) is 33.4 Å². The van der Waals surface area contributed by atoms with Crippen molar-refractivity contribution in [1.82, 2.24) is 25.1 Å². The number of nitrogens with one attached hydrogen (secondary N) is 1. The minimum atomic E-state index is 0.519. The summed E-state index contributed by atoms with van der Waals surface area (Å²) >= 11 is 0. The molecule has 1 atom stereocenters. The molecule has 0 amide bonds. The van der Waals surface area contributed by atoms with Crippen LogP contribution in [0.4, 0.5) is 0 Å². The van der Waals surface area contributed by atoms with E-state index >= 15 is 0 Å². The molecule has 1 N–H and O–H groups in total. The van der Waals surface area contributed by atoms with Crippen molar-refractivity contribution < 1.29 is 0 Å². The Labute approximate surface area is 106 Å². The van der Waals surface area contributed by atoms with Gasteiger partial charge in [-0.25, -0.2) is 9.97 Å². The van der Waals surface area contributed by atoms with Gasteiger partial charge >= 0.3 is 0 Å². The van der Waals surface area contributed by atoms with Crippen LogP contribution in [0, 0.1) is 6.92 Å². The van der Waals surface area contributed by atoms with E-state index in [0.29, 0.717) is 6.04 Å². The van der Waals surface area contributed by atoms with Crippen molar-refractivity contribution in [3.8, 4) is 11.4 Å². The second-order valence-electron chi connectivity index (χ2n) is 4.98. The van der Waals surface area contributed by atoms with E-state index < -0.39 is 0 Å². The Bertz CT molecular complexity index is 561. The number of nitrogens with zero attached hydrogens (tertiary/aromatic N) is 4. The number of fused-ring (bicyclic) bond motifs is 1. The molecule has 94 valence electrons. The van der Waals surface area contributed by atoms with E-state index in [1.165, 1.54) is 5.56 Å². The van der Waals surface area contributed by atoms with E-state index in [1.54, 1.807) is 6.20 Å². The number of aryl methyl sites for hydroxylation is 1. The van der Waals surface area contributed by atoms with Crippen molar-refractivity contribution >= 4 is 0 Å². The molecule has 0 aliphatic carbocycles. The normalized spacial score (nSPS) is 19.8. The van der Waals surface area contributed by atoms with Crippen molar-refractivity contribution in [2.75, 3.05) is 7.05 Å². The number of hydrogen-bond acceptors (Lipinski definition) is 4. The highest BCUT2D eigenvalue weighted by atomic mass is 15.1. The molecule has 5 nitrogen and oxygen atoms in total. The first-order valence-electron chi connectivity index (χ1n) is 6.21. The summed E-state index contributed by atoms with van der Waals surface area (Å²) < 4.78 is 0. The molecule has 3 rings (SSSR count). The molecule has 0 radical (unpaired) electrons.